The van der Waals surface area contributed by atoms with Crippen molar-refractivity contribution in [3.8, 4) is 0 Å². The number of amides is 2. The van der Waals surface area contributed by atoms with E-state index in [2.05, 4.69) is 5.32 Å². The van der Waals surface area contributed by atoms with Crippen molar-refractivity contribution >= 4 is 12.0 Å². The van der Waals surface area contributed by atoms with Gasteiger partial charge >= 0.3 is 12.0 Å². The van der Waals surface area contributed by atoms with E-state index in [-0.39, 0.29) is 23.9 Å². The monoisotopic (exact) mass is 288 g/mol. The Bertz CT molecular complexity index is 324. The van der Waals surface area contributed by atoms with Crippen LogP contribution < -0.4 is 5.32 Å². The van der Waals surface area contributed by atoms with E-state index in [4.69, 9.17) is 9.84 Å². The van der Waals surface area contributed by atoms with E-state index >= 15 is 0 Å². The number of carbonyl (C=O) groups is 2. The van der Waals surface area contributed by atoms with Crippen LogP contribution >= 0.6 is 0 Å². The molecule has 1 atom stereocenters. The number of aliphatic carboxylic acids is 1. The lowest BCUT2D eigenvalue weighted by atomic mass is 9.85. The molecule has 2 N–H and O–H groups in total. The number of nitrogens with zero attached hydrogens (tertiary/aromatic N) is 1. The van der Waals surface area contributed by atoms with Gasteiger partial charge in [0.05, 0.1) is 13.0 Å². The molecule has 0 aliphatic carbocycles. The van der Waals surface area contributed by atoms with Gasteiger partial charge in [-0.25, -0.2) is 4.79 Å². The number of hydrogen-bond donors (Lipinski definition) is 2. The number of carbonyl (C=O) groups excluding carboxylic acids is 1. The van der Waals surface area contributed by atoms with E-state index in [9.17, 15) is 9.59 Å². The summed E-state index contributed by atoms with van der Waals surface area (Å²) in [6, 6.07) is -0.648. The maximum absolute atomic E-state index is 12.3. The fourth-order valence-corrected chi connectivity index (χ4v) is 1.76. The molecule has 0 aromatic rings. The molecule has 0 aliphatic heterocycles. The molecule has 0 spiro atoms. The van der Waals surface area contributed by atoms with Crippen LogP contribution in [0.5, 0.6) is 0 Å². The van der Waals surface area contributed by atoms with Gasteiger partial charge in [-0.15, -0.1) is 0 Å². The maximum Gasteiger partial charge on any atom is 0.317 e. The second kappa shape index (κ2) is 8.09. The summed E-state index contributed by atoms with van der Waals surface area (Å²) in [5.74, 6) is -0.918. The second-order valence-electron chi connectivity index (χ2n) is 6.25. The molecule has 0 saturated carbocycles. The molecule has 0 aliphatic rings. The van der Waals surface area contributed by atoms with Gasteiger partial charge in [-0.1, -0.05) is 20.8 Å². The van der Waals surface area contributed by atoms with E-state index in [1.54, 1.807) is 12.0 Å². The van der Waals surface area contributed by atoms with Gasteiger partial charge in [0.1, 0.15) is 0 Å². The highest BCUT2D eigenvalue weighted by Gasteiger charge is 2.30. The number of urea groups is 1. The Kier molecular flexibility index (Phi) is 7.57. The van der Waals surface area contributed by atoms with Crippen molar-refractivity contribution in [3.05, 3.63) is 0 Å². The smallest absolute Gasteiger partial charge is 0.317 e. The molecule has 0 rings (SSSR count). The van der Waals surface area contributed by atoms with Gasteiger partial charge in [0, 0.05) is 25.7 Å². The third-order valence-electron chi connectivity index (χ3n) is 3.14. The third kappa shape index (κ3) is 6.75. The Hall–Kier alpha value is -1.30. The van der Waals surface area contributed by atoms with E-state index in [0.717, 1.165) is 0 Å². The average molecular weight is 288 g/mol. The first-order valence-corrected chi connectivity index (χ1v) is 6.87. The quantitative estimate of drug-likeness (QED) is 0.750. The van der Waals surface area contributed by atoms with Crippen molar-refractivity contribution < 1.29 is 19.4 Å². The Morgan fingerprint density at radius 3 is 2.20 bits per heavy atom. The van der Waals surface area contributed by atoms with Crippen molar-refractivity contribution in [3.63, 3.8) is 0 Å². The van der Waals surface area contributed by atoms with Crippen LogP contribution in [0.25, 0.3) is 0 Å². The summed E-state index contributed by atoms with van der Waals surface area (Å²) in [7, 11) is 1.58. The number of nitrogens with one attached hydrogen (secondary N) is 1. The minimum atomic E-state index is -0.918. The number of carboxylic acids is 1. The topological polar surface area (TPSA) is 78.9 Å². The molecule has 1 unspecified atom stereocenters. The fourth-order valence-electron chi connectivity index (χ4n) is 1.76. The maximum atomic E-state index is 12.3. The van der Waals surface area contributed by atoms with Gasteiger partial charge in [-0.2, -0.15) is 0 Å². The number of carboxylic acid groups (broad SMARTS) is 1. The summed E-state index contributed by atoms with van der Waals surface area (Å²) in [5.41, 5.74) is -0.321. The molecule has 0 aromatic heterocycles. The van der Waals surface area contributed by atoms with E-state index in [0.29, 0.717) is 13.2 Å². The summed E-state index contributed by atoms with van der Waals surface area (Å²) >= 11 is 0. The molecule has 6 nitrogen and oxygen atoms in total. The van der Waals surface area contributed by atoms with Crippen molar-refractivity contribution in [2.24, 2.45) is 5.41 Å². The zero-order chi connectivity index (χ0) is 15.9. The molecule has 0 fully saturated rings. The number of methoxy groups -OCH3 is 1. The normalized spacial score (nSPS) is 13.2. The summed E-state index contributed by atoms with van der Waals surface area (Å²) < 4.78 is 4.99. The summed E-state index contributed by atoms with van der Waals surface area (Å²) in [6.45, 7) is 10.5. The first-order chi connectivity index (χ1) is 9.09. The highest BCUT2D eigenvalue weighted by molar-refractivity contribution is 5.76. The summed E-state index contributed by atoms with van der Waals surface area (Å²) in [6.07, 6.45) is -0.0918. The van der Waals surface area contributed by atoms with E-state index in [1.165, 1.54) is 0 Å². The predicted molar refractivity (Wildman–Crippen MR) is 77.7 cm³/mol. The molecule has 2 amide bonds. The van der Waals surface area contributed by atoms with Crippen LogP contribution in [0.3, 0.4) is 0 Å². The van der Waals surface area contributed by atoms with Crippen LogP contribution in [0, 0.1) is 5.41 Å². The summed E-state index contributed by atoms with van der Waals surface area (Å²) in [4.78, 5) is 24.9. The van der Waals surface area contributed by atoms with E-state index < -0.39 is 12.0 Å². The highest BCUT2D eigenvalue weighted by atomic mass is 16.5. The SMILES string of the molecule is COCCN(C(=O)NC(CC(=O)O)C(C)(C)C)C(C)C. The minimum absolute atomic E-state index is 0.0237. The molecule has 6 heteroatoms. The summed E-state index contributed by atoms with van der Waals surface area (Å²) in [5, 5.41) is 11.8. The van der Waals surface area contributed by atoms with Crippen LogP contribution in [0.4, 0.5) is 4.79 Å². The van der Waals surface area contributed by atoms with Gasteiger partial charge in [0.15, 0.2) is 0 Å². The Morgan fingerprint density at radius 2 is 1.85 bits per heavy atom. The lowest BCUT2D eigenvalue weighted by Gasteiger charge is -2.34. The molecule has 0 aromatic carbocycles. The number of rotatable bonds is 7. The zero-order valence-electron chi connectivity index (χ0n) is 13.4. The van der Waals surface area contributed by atoms with Gasteiger partial charge in [-0.3, -0.25) is 4.79 Å². The Balaban J connectivity index is 4.82. The molecule has 0 saturated heterocycles. The Labute approximate surface area is 121 Å². The molecule has 118 valence electrons. The van der Waals surface area contributed by atoms with Crippen LogP contribution in [-0.4, -0.2) is 54.4 Å². The predicted octanol–water partition coefficient (Wildman–Crippen LogP) is 1.94. The molecule has 20 heavy (non-hydrogen) atoms. The van der Waals surface area contributed by atoms with Crippen molar-refractivity contribution in [2.75, 3.05) is 20.3 Å². The molecule has 0 radical (unpaired) electrons. The van der Waals surface area contributed by atoms with Gasteiger partial charge in [0.2, 0.25) is 0 Å². The number of hydrogen-bond acceptors (Lipinski definition) is 3. The Morgan fingerprint density at radius 1 is 1.30 bits per heavy atom. The molecular weight excluding hydrogens is 260 g/mol. The first kappa shape index (κ1) is 18.7. The second-order valence-corrected chi connectivity index (χ2v) is 6.25. The first-order valence-electron chi connectivity index (χ1n) is 6.87. The minimum Gasteiger partial charge on any atom is -0.481 e. The van der Waals surface area contributed by atoms with Crippen molar-refractivity contribution in [1.82, 2.24) is 10.2 Å². The average Bonchev–Trinajstić information content (AvgIpc) is 2.26. The molecule has 0 bridgehead atoms. The van der Waals surface area contributed by atoms with E-state index in [1.807, 2.05) is 34.6 Å². The van der Waals surface area contributed by atoms with Gasteiger partial charge in [0.25, 0.3) is 0 Å². The van der Waals surface area contributed by atoms with Crippen LogP contribution in [0.1, 0.15) is 41.0 Å². The largest absolute Gasteiger partial charge is 0.481 e. The fraction of sp³-hybridized carbons (Fsp3) is 0.857. The highest BCUT2D eigenvalue weighted by Crippen LogP contribution is 2.22. The lowest BCUT2D eigenvalue weighted by Crippen LogP contribution is -2.52. The van der Waals surface area contributed by atoms with Crippen LogP contribution in [0.15, 0.2) is 0 Å². The standard InChI is InChI=1S/C14H28N2O4/c1-10(2)16(7-8-20-6)13(19)15-11(9-12(17)18)14(3,4)5/h10-11H,7-9H2,1-6H3,(H,15,19)(H,17,18). The van der Waals surface area contributed by atoms with Crippen LogP contribution in [0.2, 0.25) is 0 Å². The lowest BCUT2D eigenvalue weighted by molar-refractivity contribution is -0.138. The van der Waals surface area contributed by atoms with Crippen LogP contribution in [-0.2, 0) is 9.53 Å². The third-order valence-corrected chi connectivity index (χ3v) is 3.14. The molecular formula is C14H28N2O4. The zero-order valence-corrected chi connectivity index (χ0v) is 13.4. The van der Waals surface area contributed by atoms with Crippen molar-refractivity contribution in [2.45, 2.75) is 53.1 Å². The van der Waals surface area contributed by atoms with Crippen molar-refractivity contribution in [1.29, 1.82) is 0 Å². The van der Waals surface area contributed by atoms with Gasteiger partial charge in [-0.05, 0) is 19.3 Å². The molecule has 0 heterocycles. The number of ether oxygens (including phenoxy) is 1. The van der Waals surface area contributed by atoms with Gasteiger partial charge < -0.3 is 20.1 Å².